The van der Waals surface area contributed by atoms with Gasteiger partial charge >= 0.3 is 6.61 Å². The Morgan fingerprint density at radius 3 is 2.75 bits per heavy atom. The summed E-state index contributed by atoms with van der Waals surface area (Å²) in [6.45, 7) is -0.787. The molecule has 1 aromatic carbocycles. The molecule has 1 heterocycles. The molecule has 2 aromatic rings. The zero-order chi connectivity index (χ0) is 17.7. The van der Waals surface area contributed by atoms with E-state index in [2.05, 4.69) is 31.1 Å². The molecule has 0 saturated carbocycles. The van der Waals surface area contributed by atoms with E-state index in [1.54, 1.807) is 24.0 Å². The third-order valence-electron chi connectivity index (χ3n) is 3.16. The molecule has 1 aromatic heterocycles. The zero-order valence-corrected chi connectivity index (χ0v) is 14.6. The molecular weight excluding hydrogens is 388 g/mol. The summed E-state index contributed by atoms with van der Waals surface area (Å²) in [6, 6.07) is 4.21. The fourth-order valence-corrected chi connectivity index (χ4v) is 2.33. The van der Waals surface area contributed by atoms with E-state index in [0.29, 0.717) is 12.2 Å². The number of benzene rings is 1. The van der Waals surface area contributed by atoms with E-state index < -0.39 is 6.61 Å². The molecule has 0 saturated heterocycles. The minimum Gasteiger partial charge on any atom is -0.493 e. The van der Waals surface area contributed by atoms with E-state index in [4.69, 9.17) is 4.74 Å². The highest BCUT2D eigenvalue weighted by Crippen LogP contribution is 2.31. The van der Waals surface area contributed by atoms with Gasteiger partial charge in [0.05, 0.1) is 30.2 Å². The average Bonchev–Trinajstić information content (AvgIpc) is 2.93. The first-order valence-corrected chi connectivity index (χ1v) is 7.80. The number of hydrogen-bond donors (Lipinski definition) is 1. The predicted molar refractivity (Wildman–Crippen MR) is 87.3 cm³/mol. The highest BCUT2D eigenvalue weighted by Gasteiger charge is 2.16. The monoisotopic (exact) mass is 403 g/mol. The molecule has 2 rings (SSSR count). The number of anilines is 1. The van der Waals surface area contributed by atoms with Crippen LogP contribution < -0.4 is 14.8 Å². The topological polar surface area (TPSA) is 65.4 Å². The summed E-state index contributed by atoms with van der Waals surface area (Å²) < 4.78 is 36.4. The molecule has 0 radical (unpaired) electrons. The molecule has 0 bridgehead atoms. The van der Waals surface area contributed by atoms with Crippen LogP contribution in [0.4, 0.5) is 14.5 Å². The van der Waals surface area contributed by atoms with Crippen LogP contribution in [-0.4, -0.2) is 29.4 Å². The van der Waals surface area contributed by atoms with E-state index in [1.165, 1.54) is 25.3 Å². The number of rotatable bonds is 7. The molecule has 1 unspecified atom stereocenters. The molecule has 130 valence electrons. The zero-order valence-electron chi connectivity index (χ0n) is 13.0. The van der Waals surface area contributed by atoms with Crippen molar-refractivity contribution in [2.24, 2.45) is 5.92 Å². The third kappa shape index (κ3) is 4.92. The average molecular weight is 404 g/mol. The van der Waals surface area contributed by atoms with Gasteiger partial charge in [0.2, 0.25) is 5.91 Å². The summed E-state index contributed by atoms with van der Waals surface area (Å²) in [5.41, 5.74) is 0.423. The lowest BCUT2D eigenvalue weighted by atomic mass is 10.1. The first-order chi connectivity index (χ1) is 11.4. The molecule has 0 fully saturated rings. The van der Waals surface area contributed by atoms with Crippen molar-refractivity contribution >= 4 is 27.5 Å². The van der Waals surface area contributed by atoms with E-state index in [-0.39, 0.29) is 23.3 Å². The van der Waals surface area contributed by atoms with Gasteiger partial charge in [-0.05, 0) is 28.1 Å². The van der Waals surface area contributed by atoms with Gasteiger partial charge in [0, 0.05) is 18.0 Å². The fraction of sp³-hybridized carbons (Fsp3) is 0.333. The lowest BCUT2D eigenvalue weighted by Crippen LogP contribution is -2.24. The highest BCUT2D eigenvalue weighted by atomic mass is 79.9. The number of carbonyl (C=O) groups excluding carboxylic acids is 1. The van der Waals surface area contributed by atoms with Crippen LogP contribution in [0.1, 0.15) is 6.92 Å². The summed E-state index contributed by atoms with van der Waals surface area (Å²) in [4.78, 5) is 12.2. The van der Waals surface area contributed by atoms with Crippen LogP contribution in [0, 0.1) is 5.92 Å². The van der Waals surface area contributed by atoms with Crippen LogP contribution >= 0.6 is 15.9 Å². The fourth-order valence-electron chi connectivity index (χ4n) is 2.01. The van der Waals surface area contributed by atoms with Crippen molar-refractivity contribution in [3.63, 3.8) is 0 Å². The van der Waals surface area contributed by atoms with Gasteiger partial charge in [-0.15, -0.1) is 0 Å². The summed E-state index contributed by atoms with van der Waals surface area (Å²) in [6.07, 6.45) is 3.40. The molecule has 1 amide bonds. The van der Waals surface area contributed by atoms with Gasteiger partial charge in [0.15, 0.2) is 11.5 Å². The highest BCUT2D eigenvalue weighted by molar-refractivity contribution is 9.10. The van der Waals surface area contributed by atoms with Gasteiger partial charge in [-0.2, -0.15) is 13.9 Å². The van der Waals surface area contributed by atoms with E-state index in [0.717, 1.165) is 4.47 Å². The van der Waals surface area contributed by atoms with Crippen molar-refractivity contribution in [2.45, 2.75) is 20.1 Å². The molecule has 0 spiro atoms. The molecule has 0 aliphatic heterocycles. The maximum Gasteiger partial charge on any atom is 0.387 e. The van der Waals surface area contributed by atoms with Gasteiger partial charge in [-0.1, -0.05) is 6.92 Å². The molecule has 1 N–H and O–H groups in total. The predicted octanol–water partition coefficient (Wildman–Crippen LogP) is 3.53. The second-order valence-corrected chi connectivity index (χ2v) is 5.93. The van der Waals surface area contributed by atoms with Crippen molar-refractivity contribution in [3.05, 3.63) is 35.1 Å². The van der Waals surface area contributed by atoms with Gasteiger partial charge < -0.3 is 14.8 Å². The van der Waals surface area contributed by atoms with E-state index in [9.17, 15) is 13.6 Å². The number of methoxy groups -OCH3 is 1. The molecule has 1 atom stereocenters. The number of alkyl halides is 2. The van der Waals surface area contributed by atoms with Gasteiger partial charge in [-0.3, -0.25) is 9.48 Å². The van der Waals surface area contributed by atoms with Crippen molar-refractivity contribution in [2.75, 3.05) is 12.4 Å². The second-order valence-electron chi connectivity index (χ2n) is 5.02. The Morgan fingerprint density at radius 1 is 1.42 bits per heavy atom. The summed E-state index contributed by atoms with van der Waals surface area (Å²) in [5, 5.41) is 6.80. The third-order valence-corrected chi connectivity index (χ3v) is 3.57. The Morgan fingerprint density at radius 2 is 2.17 bits per heavy atom. The number of carbonyl (C=O) groups is 1. The number of amides is 1. The standard InChI is InChI=1S/C15H16BrF2N3O3/c1-9(7-21-8-10(16)6-19-21)14(22)20-11-3-4-12(24-15(17)18)13(5-11)23-2/h3-6,8-9,15H,7H2,1-2H3,(H,20,22). The molecular formula is C15H16BrF2N3O3. The van der Waals surface area contributed by atoms with Crippen LogP contribution in [0.2, 0.25) is 0 Å². The second kappa shape index (κ2) is 8.09. The van der Waals surface area contributed by atoms with Gasteiger partial charge in [0.25, 0.3) is 0 Å². The van der Waals surface area contributed by atoms with Crippen molar-refractivity contribution in [3.8, 4) is 11.5 Å². The minimum atomic E-state index is -2.95. The smallest absolute Gasteiger partial charge is 0.387 e. The normalized spacial score (nSPS) is 12.1. The molecule has 0 aliphatic carbocycles. The van der Waals surface area contributed by atoms with E-state index >= 15 is 0 Å². The maximum atomic E-state index is 12.3. The van der Waals surface area contributed by atoms with Crippen LogP contribution in [0.3, 0.4) is 0 Å². The van der Waals surface area contributed by atoms with Crippen LogP contribution in [-0.2, 0) is 11.3 Å². The van der Waals surface area contributed by atoms with Crippen LogP contribution in [0.25, 0.3) is 0 Å². The van der Waals surface area contributed by atoms with Crippen molar-refractivity contribution in [1.82, 2.24) is 9.78 Å². The largest absolute Gasteiger partial charge is 0.493 e. The van der Waals surface area contributed by atoms with Crippen molar-refractivity contribution in [1.29, 1.82) is 0 Å². The molecule has 0 aliphatic rings. The summed E-state index contributed by atoms with van der Waals surface area (Å²) in [5.74, 6) is -0.567. The molecule has 24 heavy (non-hydrogen) atoms. The molecule has 6 nitrogen and oxygen atoms in total. The summed E-state index contributed by atoms with van der Waals surface area (Å²) >= 11 is 3.29. The van der Waals surface area contributed by atoms with Crippen LogP contribution in [0.5, 0.6) is 11.5 Å². The maximum absolute atomic E-state index is 12.3. The minimum absolute atomic E-state index is 0.0973. The summed E-state index contributed by atoms with van der Waals surface area (Å²) in [7, 11) is 1.33. The number of ether oxygens (including phenoxy) is 2. The Kier molecular flexibility index (Phi) is 6.13. The van der Waals surface area contributed by atoms with Crippen LogP contribution in [0.15, 0.2) is 35.1 Å². The van der Waals surface area contributed by atoms with E-state index in [1.807, 2.05) is 0 Å². The Bertz CT molecular complexity index is 709. The number of nitrogens with zero attached hydrogens (tertiary/aromatic N) is 2. The number of aromatic nitrogens is 2. The SMILES string of the molecule is COc1cc(NC(=O)C(C)Cn2cc(Br)cn2)ccc1OC(F)F. The number of halogens is 3. The first-order valence-electron chi connectivity index (χ1n) is 7.00. The van der Waals surface area contributed by atoms with Gasteiger partial charge in [0.1, 0.15) is 0 Å². The Balaban J connectivity index is 2.02. The number of hydrogen-bond acceptors (Lipinski definition) is 4. The number of nitrogens with one attached hydrogen (secondary N) is 1. The van der Waals surface area contributed by atoms with Gasteiger partial charge in [-0.25, -0.2) is 0 Å². The van der Waals surface area contributed by atoms with Crippen molar-refractivity contribution < 1.29 is 23.0 Å². The molecule has 9 heteroatoms. The first kappa shape index (κ1) is 18.2. The Labute approximate surface area is 145 Å². The lowest BCUT2D eigenvalue weighted by Gasteiger charge is -2.14. The Hall–Kier alpha value is -2.16. The lowest BCUT2D eigenvalue weighted by molar-refractivity contribution is -0.119. The quantitative estimate of drug-likeness (QED) is 0.767.